The molecule has 117 heavy (non-hydrogen) atoms. The fraction of sp³-hybridized carbons (Fsp3) is 0.755. The fourth-order valence-electron chi connectivity index (χ4n) is 17.7. The van der Waals surface area contributed by atoms with E-state index in [4.69, 9.17) is 0 Å². The molecular weight excluding hydrogens is 1470 g/mol. The van der Waals surface area contributed by atoms with Gasteiger partial charge in [0.05, 0.1) is 11.1 Å². The van der Waals surface area contributed by atoms with Gasteiger partial charge in [0.2, 0.25) is 0 Å². The summed E-state index contributed by atoms with van der Waals surface area (Å²) in [6.07, 6.45) is 22.0. The van der Waals surface area contributed by atoms with Crippen LogP contribution in [-0.4, -0.2) is 48.5 Å². The minimum absolute atomic E-state index is 0.107. The number of fused-ring (bicyclic) bond motifs is 1. The highest BCUT2D eigenvalue weighted by Crippen LogP contribution is 2.46. The lowest BCUT2D eigenvalue weighted by Gasteiger charge is -2.35. The molecule has 0 spiro atoms. The number of likely N-dealkylation sites (tertiary alicyclic amines) is 1. The van der Waals surface area contributed by atoms with Gasteiger partial charge in [0.1, 0.15) is 12.3 Å². The van der Waals surface area contributed by atoms with Crippen LogP contribution in [0.5, 0.6) is 0 Å². The highest BCUT2D eigenvalue weighted by atomic mass is 19.4. The van der Waals surface area contributed by atoms with Crippen molar-refractivity contribution in [2.24, 2.45) is 68.0 Å². The predicted octanol–water partition coefficient (Wildman–Crippen LogP) is 33.4. The molecule has 670 valence electrons. The Morgan fingerprint density at radius 3 is 1.21 bits per heavy atom. The summed E-state index contributed by atoms with van der Waals surface area (Å²) in [7, 11) is 0. The van der Waals surface area contributed by atoms with Gasteiger partial charge in [-0.05, 0) is 258 Å². The molecule has 6 aliphatic carbocycles. The van der Waals surface area contributed by atoms with Crippen molar-refractivity contribution >= 4 is 5.69 Å². The van der Waals surface area contributed by atoms with E-state index in [1.165, 1.54) is 174 Å². The van der Waals surface area contributed by atoms with Crippen LogP contribution < -0.4 is 10.6 Å². The first-order chi connectivity index (χ1) is 53.3. The Kier molecular flexibility index (Phi) is 39.4. The summed E-state index contributed by atoms with van der Waals surface area (Å²) in [4.78, 5) is 2.75. The molecule has 8 fully saturated rings. The second-order valence-electron chi connectivity index (χ2n) is 47.4. The number of aryl methyl sites for hydroxylation is 1. The maximum atomic E-state index is 13.1. The number of hydrogen-bond acceptors (Lipinski definition) is 3. The Morgan fingerprint density at radius 1 is 0.393 bits per heavy atom. The fourth-order valence-corrected chi connectivity index (χ4v) is 17.7. The van der Waals surface area contributed by atoms with Crippen LogP contribution in [0.15, 0.2) is 103 Å². The van der Waals surface area contributed by atoms with E-state index < -0.39 is 41.2 Å². The Hall–Kier alpha value is -4.22. The quantitative estimate of drug-likeness (QED) is 0.199. The second-order valence-corrected chi connectivity index (χ2v) is 47.4. The van der Waals surface area contributed by atoms with E-state index in [-0.39, 0.29) is 21.7 Å². The lowest BCUT2D eigenvalue weighted by Crippen LogP contribution is -2.40. The maximum Gasteiger partial charge on any atom is 0.416 e. The summed E-state index contributed by atoms with van der Waals surface area (Å²) >= 11 is 0. The molecule has 3 heterocycles. The van der Waals surface area contributed by atoms with Crippen molar-refractivity contribution in [1.29, 1.82) is 0 Å². The van der Waals surface area contributed by atoms with Gasteiger partial charge in [0.25, 0.3) is 0 Å². The molecule has 0 amide bonds. The van der Waals surface area contributed by atoms with Crippen molar-refractivity contribution in [2.75, 3.05) is 18.4 Å². The van der Waals surface area contributed by atoms with E-state index in [0.29, 0.717) is 44.5 Å². The van der Waals surface area contributed by atoms with Gasteiger partial charge in [0, 0.05) is 42.5 Å². The van der Waals surface area contributed by atoms with E-state index in [1.807, 2.05) is 20.8 Å². The summed E-state index contributed by atoms with van der Waals surface area (Å²) in [6.45, 7) is 74.9. The zero-order valence-corrected chi connectivity index (χ0v) is 80.6. The molecule has 0 aromatic heterocycles. The SMILES string of the molecule is C=C1Cc2cc(C(C)(C)C)ccc2N1.CC(C)(C)C1CCC(CC2CC2)N1.CC(C)(C)C1CCC(F)C1.CC(C)(C)C1CCCC1.CC(C)(C)C1CCCC1.CC(C)(C)C1CCCC1F.CC(C)(C)C1CCCN1CC1CC1.CC(C)(C)c1ccc(C(F)(F)F)cc1.CC(C)(C)c1ccccc1C(F)(F)F.Cc1cccc(C(C)(C)C)c1. The first-order valence-electron chi connectivity index (χ1n) is 46.0. The number of halogens is 8. The van der Waals surface area contributed by atoms with E-state index in [2.05, 4.69) is 238 Å². The summed E-state index contributed by atoms with van der Waals surface area (Å²) in [5.74, 6) is 5.09. The largest absolute Gasteiger partial charge is 0.416 e. The first-order valence-corrected chi connectivity index (χ1v) is 46.0. The first kappa shape index (κ1) is 105. The topological polar surface area (TPSA) is 27.3 Å². The van der Waals surface area contributed by atoms with Crippen molar-refractivity contribution in [3.63, 3.8) is 0 Å². The van der Waals surface area contributed by atoms with Crippen LogP contribution >= 0.6 is 0 Å². The molecule has 11 heteroatoms. The van der Waals surface area contributed by atoms with Crippen molar-refractivity contribution < 1.29 is 35.1 Å². The minimum atomic E-state index is -4.26. The summed E-state index contributed by atoms with van der Waals surface area (Å²) in [6, 6.07) is 28.8. The minimum Gasteiger partial charge on any atom is -0.359 e. The molecular formula is C106H175F8N3. The van der Waals surface area contributed by atoms with Crippen LogP contribution in [0.2, 0.25) is 0 Å². The molecule has 9 aliphatic rings. The Bertz CT molecular complexity index is 3390. The normalized spacial score (nSPS) is 22.9. The van der Waals surface area contributed by atoms with E-state index in [9.17, 15) is 35.1 Å². The van der Waals surface area contributed by atoms with Crippen LogP contribution in [0.25, 0.3) is 0 Å². The lowest BCUT2D eigenvalue weighted by molar-refractivity contribution is -0.139. The van der Waals surface area contributed by atoms with Gasteiger partial charge >= 0.3 is 12.4 Å². The standard InChI is InChI=1S/C13H17N.2C12H23N.2C11H13F3.C11H16.2C9H17F.2C9H18/c1-9-7-10-8-11(13(2,3)4)5-6-12(10)14-9;1-12(2,3)11-7-6-10(13-11)8-9-4-5-9;1-12(2,3)11-5-4-8-13(11)9-10-6-7-10;1-10(2,3)8-4-6-9(7-5-8)11(12,13)14;1-10(2,3)8-6-4-5-7-9(8)11(12,13)14;1-9-6-5-7-10(8-9)11(2,3)4;1-9(2,3)7-4-5-8(10)6-7;1-9(2,3)7-5-4-6-8(7)10;2*1-9(2,3)8-6-4-5-7-8/h5-6,8,14H,1,7H2,2-4H3;9-11,13H,4-8H2,1-3H3;10-11H,4-9H2,1-3H3;2*4-7H,1-3H3;5-8H,1-4H3;2*7-8H,4-6H2,1-3H3;2*8H,4-7H2,1-3H3. The highest BCUT2D eigenvalue weighted by molar-refractivity contribution is 5.63. The van der Waals surface area contributed by atoms with Crippen LogP contribution in [0.1, 0.15) is 400 Å². The summed E-state index contributed by atoms with van der Waals surface area (Å²) in [5.41, 5.74) is 10.5. The van der Waals surface area contributed by atoms with Crippen LogP contribution in [0.3, 0.4) is 0 Å². The monoisotopic (exact) mass is 1640 g/mol. The molecule has 3 nitrogen and oxygen atoms in total. The lowest BCUT2D eigenvalue weighted by atomic mass is 9.79. The van der Waals surface area contributed by atoms with Gasteiger partial charge in [-0.1, -0.05) is 332 Å². The Balaban J connectivity index is 0.000000275. The zero-order chi connectivity index (χ0) is 89.1. The van der Waals surface area contributed by atoms with Gasteiger partial charge in [-0.25, -0.2) is 8.78 Å². The number of nitrogens with one attached hydrogen (secondary N) is 2. The van der Waals surface area contributed by atoms with Gasteiger partial charge in [0.15, 0.2) is 0 Å². The molecule has 13 rings (SSSR count). The molecule has 2 saturated heterocycles. The van der Waals surface area contributed by atoms with Crippen molar-refractivity contribution in [3.8, 4) is 0 Å². The van der Waals surface area contributed by atoms with Gasteiger partial charge in [-0.2, -0.15) is 26.3 Å². The molecule has 7 atom stereocenters. The number of anilines is 1. The summed E-state index contributed by atoms with van der Waals surface area (Å²) < 4.78 is 100. The number of nitrogens with zero attached hydrogens (tertiary/aromatic N) is 1. The second kappa shape index (κ2) is 43.9. The molecule has 2 N–H and O–H groups in total. The third-order valence-electron chi connectivity index (χ3n) is 26.1. The number of rotatable bonds is 4. The number of alkyl halides is 8. The summed E-state index contributed by atoms with van der Waals surface area (Å²) in [5, 5.41) is 7.08. The number of hydrogen-bond donors (Lipinski definition) is 2. The van der Waals surface area contributed by atoms with E-state index in [0.717, 1.165) is 116 Å². The molecule has 6 saturated carbocycles. The zero-order valence-electron chi connectivity index (χ0n) is 80.6. The maximum absolute atomic E-state index is 13.1. The molecule has 4 aromatic rings. The van der Waals surface area contributed by atoms with E-state index >= 15 is 0 Å². The van der Waals surface area contributed by atoms with Crippen LogP contribution in [0.4, 0.5) is 40.8 Å². The van der Waals surface area contributed by atoms with Crippen LogP contribution in [0, 0.1) is 74.9 Å². The molecule has 7 unspecified atom stereocenters. The average Bonchev–Trinajstić information content (AvgIpc) is 1.78. The molecule has 0 bridgehead atoms. The highest BCUT2D eigenvalue weighted by Gasteiger charge is 2.41. The number of benzene rings is 4. The average molecular weight is 1640 g/mol. The van der Waals surface area contributed by atoms with Gasteiger partial charge in [-0.3, -0.25) is 4.90 Å². The number of allylic oxidation sites excluding steroid dienone is 1. The van der Waals surface area contributed by atoms with E-state index in [1.54, 1.807) is 26.8 Å². The van der Waals surface area contributed by atoms with Crippen molar-refractivity contribution in [2.45, 2.75) is 433 Å². The predicted molar refractivity (Wildman–Crippen MR) is 492 cm³/mol. The van der Waals surface area contributed by atoms with Crippen molar-refractivity contribution in [3.05, 3.63) is 148 Å². The smallest absolute Gasteiger partial charge is 0.359 e. The third kappa shape index (κ3) is 39.0. The Labute approximate surface area is 714 Å². The van der Waals surface area contributed by atoms with Crippen molar-refractivity contribution in [1.82, 2.24) is 10.2 Å². The molecule has 0 radical (unpaired) electrons. The Morgan fingerprint density at radius 2 is 0.872 bits per heavy atom. The van der Waals surface area contributed by atoms with Gasteiger partial charge in [-0.15, -0.1) is 0 Å². The third-order valence-corrected chi connectivity index (χ3v) is 26.1. The van der Waals surface area contributed by atoms with Crippen LogP contribution in [-0.2, 0) is 40.4 Å². The van der Waals surface area contributed by atoms with Gasteiger partial charge < -0.3 is 10.6 Å². The molecule has 4 aromatic carbocycles. The molecule has 3 aliphatic heterocycles.